The van der Waals surface area contributed by atoms with Gasteiger partial charge in [0.2, 0.25) is 0 Å². The molecule has 12 heteroatoms. The second kappa shape index (κ2) is 12.7. The zero-order valence-corrected chi connectivity index (χ0v) is 24.6. The Morgan fingerprint density at radius 2 is 1.93 bits per heavy atom. The maximum absolute atomic E-state index is 14.6. The monoisotopic (exact) mass is 616 g/mol. The number of rotatable bonds is 3. The second-order valence-electron chi connectivity index (χ2n) is 10.4. The van der Waals surface area contributed by atoms with Gasteiger partial charge in [0, 0.05) is 48.6 Å². The van der Waals surface area contributed by atoms with Crippen LogP contribution in [0.4, 0.5) is 4.39 Å². The first-order chi connectivity index (χ1) is 21.4. The molecular weight excluding hydrogens is 587 g/mol. The smallest absolute Gasteiger partial charge is 0.282 e. The average molecular weight is 617 g/mol. The first-order valence-corrected chi connectivity index (χ1v) is 14.9. The lowest BCUT2D eigenvalue weighted by Crippen LogP contribution is -2.58. The number of methoxy groups -OCH3 is 1. The van der Waals surface area contributed by atoms with E-state index in [0.717, 1.165) is 5.56 Å². The minimum Gasteiger partial charge on any atom is -0.493 e. The van der Waals surface area contributed by atoms with Crippen molar-refractivity contribution in [2.45, 2.75) is 25.1 Å². The summed E-state index contributed by atoms with van der Waals surface area (Å²) in [6.45, 7) is 0.201. The molecule has 1 aromatic heterocycles. The molecule has 1 fully saturated rings. The molecule has 2 N–H and O–H groups in total. The van der Waals surface area contributed by atoms with Crippen molar-refractivity contribution in [3.63, 3.8) is 0 Å². The fraction of sp³-hybridized carbons (Fsp3) is 0.250. The number of nitrogens with one attached hydrogen (secondary N) is 2. The van der Waals surface area contributed by atoms with Crippen molar-refractivity contribution in [2.24, 2.45) is 0 Å². The topological polar surface area (TPSA) is 119 Å². The van der Waals surface area contributed by atoms with Gasteiger partial charge < -0.3 is 29.7 Å². The van der Waals surface area contributed by atoms with E-state index in [-0.39, 0.29) is 42.7 Å². The summed E-state index contributed by atoms with van der Waals surface area (Å²) in [7, 11) is 1.45. The first kappa shape index (κ1) is 29.1. The number of piperidine rings is 1. The van der Waals surface area contributed by atoms with Crippen LogP contribution in [0.15, 0.2) is 72.1 Å². The molecule has 3 amide bonds. The van der Waals surface area contributed by atoms with Gasteiger partial charge in [-0.15, -0.1) is 11.3 Å². The van der Waals surface area contributed by atoms with Gasteiger partial charge in [-0.05, 0) is 35.9 Å². The Bertz CT molecular complexity index is 1700. The number of amides is 3. The Morgan fingerprint density at radius 3 is 2.75 bits per heavy atom. The van der Waals surface area contributed by atoms with E-state index in [1.165, 1.54) is 36.6 Å². The summed E-state index contributed by atoms with van der Waals surface area (Å²) in [4.78, 5) is 45.7. The van der Waals surface area contributed by atoms with Crippen molar-refractivity contribution >= 4 is 29.1 Å². The number of benzene rings is 3. The van der Waals surface area contributed by atoms with Crippen LogP contribution in [-0.4, -0.2) is 66.6 Å². The fourth-order valence-electron chi connectivity index (χ4n) is 5.19. The number of hydrogen-bond donors (Lipinski definition) is 2. The van der Waals surface area contributed by atoms with E-state index >= 15 is 0 Å². The predicted molar refractivity (Wildman–Crippen MR) is 160 cm³/mol. The van der Waals surface area contributed by atoms with Gasteiger partial charge >= 0.3 is 0 Å². The maximum atomic E-state index is 14.6. The molecule has 2 aliphatic heterocycles. The summed E-state index contributed by atoms with van der Waals surface area (Å²) in [5.74, 6) is -0.853. The number of nitrogens with zero attached hydrogens (tertiary/aromatic N) is 2. The van der Waals surface area contributed by atoms with Crippen molar-refractivity contribution in [2.75, 3.05) is 26.8 Å². The zero-order chi connectivity index (χ0) is 30.6. The molecule has 10 nitrogen and oxygen atoms in total. The third-order valence-electron chi connectivity index (χ3n) is 7.40. The normalized spacial score (nSPS) is 18.6. The number of aromatic nitrogens is 1. The number of carbonyl (C=O) groups is 3. The van der Waals surface area contributed by atoms with Crippen LogP contribution in [0.1, 0.15) is 32.1 Å². The Balaban J connectivity index is 1.29. The summed E-state index contributed by atoms with van der Waals surface area (Å²) in [6, 6.07) is 17.8. The predicted octanol–water partition coefficient (Wildman–Crippen LogP) is 4.06. The standard InChI is InChI=1S/C32H29FN4O6S/c1-41-27-8-7-21-13-28(27)42-17-29(38)34-15-19-11-22(33)14-23(12-19)43-26-9-10-37(16-24(26)35-30(21)39)32(40)31-36-25(18-44-31)20-5-3-2-4-6-20/h2-8,11-14,18,24,26H,9-10,15-17H2,1H3,(H,34,38)(H,35,39)/t24-,26+/m0/s1. The SMILES string of the molecule is COc1ccc2cc1OCC(=O)NCc1cc(F)cc(c1)O[C@@H]1CCN(C(=O)c3nc(-c4ccccc4)cs3)C[C@@H]1NC2=O. The third kappa shape index (κ3) is 6.50. The molecule has 4 aromatic rings. The van der Waals surface area contributed by atoms with Crippen molar-refractivity contribution < 1.29 is 33.0 Å². The Labute approximate surface area is 256 Å². The van der Waals surface area contributed by atoms with Crippen LogP contribution in [0.5, 0.6) is 17.2 Å². The second-order valence-corrected chi connectivity index (χ2v) is 11.3. The van der Waals surface area contributed by atoms with Crippen LogP contribution < -0.4 is 24.8 Å². The van der Waals surface area contributed by atoms with Crippen LogP contribution in [-0.2, 0) is 11.3 Å². The van der Waals surface area contributed by atoms with Crippen molar-refractivity contribution in [3.8, 4) is 28.5 Å². The molecule has 0 unspecified atom stereocenters. The Kier molecular flexibility index (Phi) is 8.42. The molecule has 0 saturated carbocycles. The molecule has 2 aliphatic rings. The number of halogens is 1. The number of hydrogen-bond acceptors (Lipinski definition) is 8. The lowest BCUT2D eigenvalue weighted by atomic mass is 10.0. The molecule has 0 radical (unpaired) electrons. The Morgan fingerprint density at radius 1 is 1.09 bits per heavy atom. The summed E-state index contributed by atoms with van der Waals surface area (Å²) in [5.41, 5.74) is 2.38. The average Bonchev–Trinajstić information content (AvgIpc) is 3.53. The highest BCUT2D eigenvalue weighted by Crippen LogP contribution is 2.29. The largest absolute Gasteiger partial charge is 0.493 e. The van der Waals surface area contributed by atoms with Gasteiger partial charge in [0.15, 0.2) is 23.1 Å². The summed E-state index contributed by atoms with van der Waals surface area (Å²) >= 11 is 1.26. The molecule has 1 saturated heterocycles. The van der Waals surface area contributed by atoms with Crippen molar-refractivity contribution in [1.29, 1.82) is 0 Å². The van der Waals surface area contributed by atoms with Crippen LogP contribution in [0, 0.1) is 5.82 Å². The van der Waals surface area contributed by atoms with Gasteiger partial charge in [-0.1, -0.05) is 30.3 Å². The molecular formula is C32H29FN4O6S. The number of thiazole rings is 1. The van der Waals surface area contributed by atoms with Crippen LogP contribution in [0.25, 0.3) is 11.3 Å². The van der Waals surface area contributed by atoms with Gasteiger partial charge in [-0.2, -0.15) is 0 Å². The van der Waals surface area contributed by atoms with Gasteiger partial charge in [0.25, 0.3) is 17.7 Å². The highest BCUT2D eigenvalue weighted by atomic mass is 32.1. The molecule has 44 heavy (non-hydrogen) atoms. The third-order valence-corrected chi connectivity index (χ3v) is 8.23. The van der Waals surface area contributed by atoms with E-state index in [0.29, 0.717) is 35.0 Å². The maximum Gasteiger partial charge on any atom is 0.282 e. The molecule has 4 bridgehead atoms. The van der Waals surface area contributed by atoms with E-state index in [2.05, 4.69) is 15.6 Å². The van der Waals surface area contributed by atoms with Crippen LogP contribution in [0.2, 0.25) is 0 Å². The van der Waals surface area contributed by atoms with E-state index in [4.69, 9.17) is 14.2 Å². The molecule has 0 spiro atoms. The molecule has 6 rings (SSSR count). The molecule has 0 aliphatic carbocycles. The van der Waals surface area contributed by atoms with Crippen molar-refractivity contribution in [1.82, 2.24) is 20.5 Å². The van der Waals surface area contributed by atoms with Gasteiger partial charge in [0.05, 0.1) is 18.8 Å². The number of likely N-dealkylation sites (tertiary alicyclic amines) is 1. The summed E-state index contributed by atoms with van der Waals surface area (Å²) in [5, 5.41) is 7.89. The van der Waals surface area contributed by atoms with E-state index in [1.54, 1.807) is 23.1 Å². The van der Waals surface area contributed by atoms with E-state index in [9.17, 15) is 18.8 Å². The minimum atomic E-state index is -0.639. The van der Waals surface area contributed by atoms with Crippen molar-refractivity contribution in [3.05, 3.63) is 94.1 Å². The number of carbonyl (C=O) groups excluding carboxylic acids is 3. The quantitative estimate of drug-likeness (QED) is 0.357. The number of ether oxygens (including phenoxy) is 3. The van der Waals surface area contributed by atoms with Crippen LogP contribution >= 0.6 is 11.3 Å². The highest BCUT2D eigenvalue weighted by molar-refractivity contribution is 7.12. The fourth-order valence-corrected chi connectivity index (χ4v) is 5.98. The summed E-state index contributed by atoms with van der Waals surface area (Å²) < 4.78 is 31.8. The van der Waals surface area contributed by atoms with E-state index in [1.807, 2.05) is 35.7 Å². The summed E-state index contributed by atoms with van der Waals surface area (Å²) in [6.07, 6.45) is -0.210. The number of fused-ring (bicyclic) bond motifs is 5. The minimum absolute atomic E-state index is 0.0549. The highest BCUT2D eigenvalue weighted by Gasteiger charge is 2.36. The molecule has 3 heterocycles. The van der Waals surface area contributed by atoms with Gasteiger partial charge in [-0.3, -0.25) is 14.4 Å². The van der Waals surface area contributed by atoms with Gasteiger partial charge in [0.1, 0.15) is 17.7 Å². The zero-order valence-electron chi connectivity index (χ0n) is 23.7. The first-order valence-electron chi connectivity index (χ1n) is 14.0. The molecule has 3 aromatic carbocycles. The molecule has 226 valence electrons. The van der Waals surface area contributed by atoms with Crippen LogP contribution in [0.3, 0.4) is 0 Å². The lowest BCUT2D eigenvalue weighted by molar-refractivity contribution is -0.123. The molecule has 2 atom stereocenters. The van der Waals surface area contributed by atoms with Gasteiger partial charge in [-0.25, -0.2) is 9.37 Å². The van der Waals surface area contributed by atoms with E-state index < -0.39 is 29.8 Å². The lowest BCUT2D eigenvalue weighted by Gasteiger charge is -2.38. The Hall–Kier alpha value is -4.97.